The summed E-state index contributed by atoms with van der Waals surface area (Å²) in [5.41, 5.74) is 7.11. The summed E-state index contributed by atoms with van der Waals surface area (Å²) in [6, 6.07) is -0.510. The summed E-state index contributed by atoms with van der Waals surface area (Å²) >= 11 is 0. The van der Waals surface area contributed by atoms with Crippen LogP contribution in [0.2, 0.25) is 0 Å². The van der Waals surface area contributed by atoms with Gasteiger partial charge in [-0.15, -0.1) is 0 Å². The van der Waals surface area contributed by atoms with Crippen LogP contribution in [0.25, 0.3) is 5.57 Å². The van der Waals surface area contributed by atoms with E-state index in [1.54, 1.807) is 6.20 Å². The SMILES string of the molecule is N[C@@H](CO)c1ncc(C2=C(O)CCC=C2)[nH]1. The van der Waals surface area contributed by atoms with E-state index in [-0.39, 0.29) is 6.61 Å². The monoisotopic (exact) mass is 221 g/mol. The van der Waals surface area contributed by atoms with Gasteiger partial charge in [0.05, 0.1) is 24.5 Å². The van der Waals surface area contributed by atoms with Gasteiger partial charge in [0.15, 0.2) is 0 Å². The van der Waals surface area contributed by atoms with Gasteiger partial charge in [0, 0.05) is 12.0 Å². The molecule has 0 saturated carbocycles. The molecule has 1 aliphatic carbocycles. The predicted octanol–water partition coefficient (Wildman–Crippen LogP) is 1.02. The summed E-state index contributed by atoms with van der Waals surface area (Å²) in [5.74, 6) is 0.882. The number of rotatable bonds is 3. The summed E-state index contributed by atoms with van der Waals surface area (Å²) in [7, 11) is 0. The quantitative estimate of drug-likeness (QED) is 0.613. The maximum atomic E-state index is 9.73. The van der Waals surface area contributed by atoms with Gasteiger partial charge in [-0.1, -0.05) is 12.2 Å². The number of nitrogens with two attached hydrogens (primary N) is 1. The first-order valence-corrected chi connectivity index (χ1v) is 5.22. The van der Waals surface area contributed by atoms with Crippen molar-refractivity contribution in [2.45, 2.75) is 18.9 Å². The minimum atomic E-state index is -0.510. The Balaban J connectivity index is 2.28. The molecule has 1 aromatic heterocycles. The van der Waals surface area contributed by atoms with Crippen LogP contribution in [0, 0.1) is 0 Å². The molecular formula is C11H15N3O2. The Morgan fingerprint density at radius 1 is 1.56 bits per heavy atom. The van der Waals surface area contributed by atoms with E-state index in [9.17, 15) is 5.11 Å². The van der Waals surface area contributed by atoms with E-state index >= 15 is 0 Å². The zero-order valence-corrected chi connectivity index (χ0v) is 8.85. The van der Waals surface area contributed by atoms with Crippen molar-refractivity contribution in [2.75, 3.05) is 6.61 Å². The number of hydrogen-bond acceptors (Lipinski definition) is 4. The molecule has 0 aliphatic heterocycles. The van der Waals surface area contributed by atoms with Gasteiger partial charge in [-0.25, -0.2) is 4.98 Å². The topological polar surface area (TPSA) is 95.2 Å². The number of imidazole rings is 1. The van der Waals surface area contributed by atoms with Gasteiger partial charge in [0.1, 0.15) is 11.6 Å². The lowest BCUT2D eigenvalue weighted by molar-refractivity contribution is 0.264. The number of nitrogens with zero attached hydrogens (tertiary/aromatic N) is 1. The zero-order chi connectivity index (χ0) is 11.5. The van der Waals surface area contributed by atoms with E-state index in [0.29, 0.717) is 18.0 Å². The number of hydrogen-bond donors (Lipinski definition) is 4. The van der Waals surface area contributed by atoms with Crippen molar-refractivity contribution in [3.63, 3.8) is 0 Å². The second-order valence-electron chi connectivity index (χ2n) is 3.77. The third kappa shape index (κ3) is 2.00. The van der Waals surface area contributed by atoms with Crippen LogP contribution in [0.1, 0.15) is 30.4 Å². The summed E-state index contributed by atoms with van der Waals surface area (Å²) in [4.78, 5) is 7.08. The highest BCUT2D eigenvalue weighted by Gasteiger charge is 2.14. The predicted molar refractivity (Wildman–Crippen MR) is 60.5 cm³/mol. The smallest absolute Gasteiger partial charge is 0.125 e. The zero-order valence-electron chi connectivity index (χ0n) is 8.85. The Bertz CT molecular complexity index is 434. The van der Waals surface area contributed by atoms with Crippen LogP contribution in [-0.4, -0.2) is 26.8 Å². The molecule has 0 aromatic carbocycles. The fraction of sp³-hybridized carbons (Fsp3) is 0.364. The minimum Gasteiger partial charge on any atom is -0.512 e. The van der Waals surface area contributed by atoms with Crippen molar-refractivity contribution in [1.29, 1.82) is 0 Å². The maximum absolute atomic E-state index is 9.73. The first-order chi connectivity index (χ1) is 7.72. The van der Waals surface area contributed by atoms with Gasteiger partial charge >= 0.3 is 0 Å². The van der Waals surface area contributed by atoms with Gasteiger partial charge in [0.2, 0.25) is 0 Å². The third-order valence-corrected chi connectivity index (χ3v) is 2.58. The lowest BCUT2D eigenvalue weighted by atomic mass is 10.0. The van der Waals surface area contributed by atoms with E-state index in [1.807, 2.05) is 12.2 Å². The van der Waals surface area contributed by atoms with Gasteiger partial charge in [-0.2, -0.15) is 0 Å². The Kier molecular flexibility index (Phi) is 3.07. The van der Waals surface area contributed by atoms with E-state index < -0.39 is 6.04 Å². The summed E-state index contributed by atoms with van der Waals surface area (Å²) < 4.78 is 0. The number of aromatic nitrogens is 2. The average Bonchev–Trinajstić information content (AvgIpc) is 2.78. The van der Waals surface area contributed by atoms with Crippen molar-refractivity contribution >= 4 is 5.57 Å². The molecule has 1 aliphatic rings. The number of nitrogens with one attached hydrogen (secondary N) is 1. The Morgan fingerprint density at radius 3 is 3.06 bits per heavy atom. The fourth-order valence-corrected chi connectivity index (χ4v) is 1.65. The largest absolute Gasteiger partial charge is 0.512 e. The highest BCUT2D eigenvalue weighted by atomic mass is 16.3. The van der Waals surface area contributed by atoms with Crippen LogP contribution in [-0.2, 0) is 0 Å². The second kappa shape index (κ2) is 4.51. The van der Waals surface area contributed by atoms with E-state index in [0.717, 1.165) is 17.7 Å². The first-order valence-electron chi connectivity index (χ1n) is 5.22. The van der Waals surface area contributed by atoms with Crippen molar-refractivity contribution in [1.82, 2.24) is 9.97 Å². The molecule has 16 heavy (non-hydrogen) atoms. The summed E-state index contributed by atoms with van der Waals surface area (Å²) in [6.45, 7) is -0.159. The average molecular weight is 221 g/mol. The second-order valence-corrected chi connectivity index (χ2v) is 3.77. The third-order valence-electron chi connectivity index (χ3n) is 2.58. The lowest BCUT2D eigenvalue weighted by Crippen LogP contribution is -2.16. The van der Waals surface area contributed by atoms with E-state index in [1.165, 1.54) is 0 Å². The molecule has 0 fully saturated rings. The van der Waals surface area contributed by atoms with Crippen LogP contribution in [0.4, 0.5) is 0 Å². The van der Waals surface area contributed by atoms with E-state index in [2.05, 4.69) is 9.97 Å². The lowest BCUT2D eigenvalue weighted by Gasteiger charge is -2.09. The van der Waals surface area contributed by atoms with Gasteiger partial charge in [0.25, 0.3) is 0 Å². The van der Waals surface area contributed by atoms with Gasteiger partial charge in [-0.05, 0) is 6.42 Å². The molecule has 5 heteroatoms. The van der Waals surface area contributed by atoms with Gasteiger partial charge < -0.3 is 20.9 Å². The fourth-order valence-electron chi connectivity index (χ4n) is 1.65. The molecule has 1 atom stereocenters. The van der Waals surface area contributed by atoms with Crippen LogP contribution in [0.15, 0.2) is 24.1 Å². The number of aliphatic hydroxyl groups excluding tert-OH is 2. The van der Waals surface area contributed by atoms with Gasteiger partial charge in [-0.3, -0.25) is 0 Å². The molecule has 5 N–H and O–H groups in total. The van der Waals surface area contributed by atoms with Crippen LogP contribution < -0.4 is 5.73 Å². The summed E-state index contributed by atoms with van der Waals surface area (Å²) in [5, 5.41) is 18.6. The molecule has 0 bridgehead atoms. The molecule has 0 saturated heterocycles. The standard InChI is InChI=1S/C11H15N3O2/c12-8(6-15)11-13-5-9(14-11)7-3-1-2-4-10(7)16/h1,3,5,8,15-16H,2,4,6,12H2,(H,13,14)/t8-/m0/s1. The molecule has 0 amide bonds. The van der Waals surface area contributed by atoms with Crippen molar-refractivity contribution in [3.8, 4) is 0 Å². The molecule has 2 rings (SSSR count). The number of allylic oxidation sites excluding steroid dienone is 4. The van der Waals surface area contributed by atoms with Crippen LogP contribution in [0.3, 0.4) is 0 Å². The van der Waals surface area contributed by atoms with Crippen molar-refractivity contribution in [3.05, 3.63) is 35.6 Å². The number of aromatic amines is 1. The highest BCUT2D eigenvalue weighted by molar-refractivity contribution is 5.73. The molecule has 86 valence electrons. The minimum absolute atomic E-state index is 0.159. The van der Waals surface area contributed by atoms with Crippen molar-refractivity contribution < 1.29 is 10.2 Å². The number of H-pyrrole nitrogens is 1. The number of aliphatic hydroxyl groups is 2. The van der Waals surface area contributed by atoms with E-state index in [4.69, 9.17) is 10.8 Å². The normalized spacial score (nSPS) is 17.9. The van der Waals surface area contributed by atoms with Crippen LogP contribution >= 0.6 is 0 Å². The molecule has 0 spiro atoms. The highest BCUT2D eigenvalue weighted by Crippen LogP contribution is 2.25. The Morgan fingerprint density at radius 2 is 2.38 bits per heavy atom. The summed E-state index contributed by atoms with van der Waals surface area (Å²) in [6.07, 6.45) is 6.98. The molecule has 5 nitrogen and oxygen atoms in total. The van der Waals surface area contributed by atoms with Crippen molar-refractivity contribution in [2.24, 2.45) is 5.73 Å². The molecule has 1 heterocycles. The Hall–Kier alpha value is -1.59. The maximum Gasteiger partial charge on any atom is 0.125 e. The molecule has 1 aromatic rings. The molecular weight excluding hydrogens is 206 g/mol. The molecule has 0 unspecified atom stereocenters. The molecule has 0 radical (unpaired) electrons. The first kappa shape index (κ1) is 10.9. The van der Waals surface area contributed by atoms with Crippen LogP contribution in [0.5, 0.6) is 0 Å². The Labute approximate surface area is 93.3 Å².